The van der Waals surface area contributed by atoms with E-state index >= 15 is 0 Å². The smallest absolute Gasteiger partial charge is 0.229 e. The van der Waals surface area contributed by atoms with Crippen molar-refractivity contribution in [2.45, 2.75) is 39.7 Å². The van der Waals surface area contributed by atoms with E-state index < -0.39 is 0 Å². The molecule has 1 unspecified atom stereocenters. The first-order chi connectivity index (χ1) is 12.6. The van der Waals surface area contributed by atoms with Gasteiger partial charge in [0.25, 0.3) is 0 Å². The lowest BCUT2D eigenvalue weighted by molar-refractivity contribution is -0.128. The summed E-state index contributed by atoms with van der Waals surface area (Å²) < 4.78 is 0. The second kappa shape index (κ2) is 8.13. The van der Waals surface area contributed by atoms with Gasteiger partial charge in [-0.2, -0.15) is 0 Å². The Bertz CT molecular complexity index is 767. The van der Waals surface area contributed by atoms with Crippen LogP contribution in [0.25, 0.3) is 0 Å². The molecular formula is C21H25N3O2. The molecule has 1 aromatic carbocycles. The summed E-state index contributed by atoms with van der Waals surface area (Å²) in [7, 11) is 0. The van der Waals surface area contributed by atoms with Gasteiger partial charge in [-0.1, -0.05) is 32.0 Å². The molecule has 2 heterocycles. The summed E-state index contributed by atoms with van der Waals surface area (Å²) in [5, 5.41) is 3.10. The topological polar surface area (TPSA) is 62.3 Å². The van der Waals surface area contributed by atoms with Crippen LogP contribution in [-0.4, -0.2) is 28.2 Å². The van der Waals surface area contributed by atoms with Gasteiger partial charge in [0, 0.05) is 37.6 Å². The SMILES string of the molecule is CCc1cccc(CC)c1NC(=O)C1CC(=O)N(Cc2ccncc2)C1. The fourth-order valence-corrected chi connectivity index (χ4v) is 3.44. The largest absolute Gasteiger partial charge is 0.338 e. The third kappa shape index (κ3) is 3.93. The first kappa shape index (κ1) is 18.1. The van der Waals surface area contributed by atoms with Crippen molar-refractivity contribution in [1.29, 1.82) is 0 Å². The van der Waals surface area contributed by atoms with E-state index in [9.17, 15) is 9.59 Å². The van der Waals surface area contributed by atoms with Gasteiger partial charge in [-0.3, -0.25) is 14.6 Å². The summed E-state index contributed by atoms with van der Waals surface area (Å²) in [6.07, 6.45) is 5.43. The Kier molecular flexibility index (Phi) is 5.66. The molecular weight excluding hydrogens is 326 g/mol. The quantitative estimate of drug-likeness (QED) is 0.869. The lowest BCUT2D eigenvalue weighted by Crippen LogP contribution is -2.28. The molecule has 0 spiro atoms. The monoisotopic (exact) mass is 351 g/mol. The van der Waals surface area contributed by atoms with Crippen molar-refractivity contribution in [3.63, 3.8) is 0 Å². The third-order valence-electron chi connectivity index (χ3n) is 4.96. The van der Waals surface area contributed by atoms with Gasteiger partial charge in [0.05, 0.1) is 5.92 Å². The summed E-state index contributed by atoms with van der Waals surface area (Å²) in [5.74, 6) is -0.341. The van der Waals surface area contributed by atoms with Crippen molar-refractivity contribution in [2.75, 3.05) is 11.9 Å². The Morgan fingerprint density at radius 3 is 2.42 bits per heavy atom. The molecule has 3 rings (SSSR count). The number of aromatic nitrogens is 1. The second-order valence-electron chi connectivity index (χ2n) is 6.68. The van der Waals surface area contributed by atoms with Gasteiger partial charge in [0.1, 0.15) is 0 Å². The van der Waals surface area contributed by atoms with E-state index in [4.69, 9.17) is 0 Å². The molecule has 0 saturated carbocycles. The number of hydrogen-bond acceptors (Lipinski definition) is 3. The number of pyridine rings is 1. The number of amides is 2. The van der Waals surface area contributed by atoms with E-state index in [1.807, 2.05) is 30.3 Å². The number of nitrogens with one attached hydrogen (secondary N) is 1. The van der Waals surface area contributed by atoms with Crippen LogP contribution in [0.3, 0.4) is 0 Å². The van der Waals surface area contributed by atoms with Crippen LogP contribution < -0.4 is 5.32 Å². The van der Waals surface area contributed by atoms with E-state index in [1.165, 1.54) is 0 Å². The number of anilines is 1. The van der Waals surface area contributed by atoms with Crippen LogP contribution in [0, 0.1) is 5.92 Å². The maximum atomic E-state index is 12.8. The fraction of sp³-hybridized carbons (Fsp3) is 0.381. The van der Waals surface area contributed by atoms with E-state index in [2.05, 4.69) is 24.1 Å². The van der Waals surface area contributed by atoms with Gasteiger partial charge >= 0.3 is 0 Å². The number of aryl methyl sites for hydroxylation is 2. The minimum absolute atomic E-state index is 0.0291. The van der Waals surface area contributed by atoms with Crippen LogP contribution in [0.5, 0.6) is 0 Å². The Labute approximate surface area is 154 Å². The molecule has 136 valence electrons. The average Bonchev–Trinajstić information content (AvgIpc) is 3.03. The normalized spacial score (nSPS) is 16.8. The number of carbonyl (C=O) groups excluding carboxylic acids is 2. The molecule has 1 aliphatic rings. The molecule has 2 amide bonds. The summed E-state index contributed by atoms with van der Waals surface area (Å²) in [4.78, 5) is 30.9. The van der Waals surface area contributed by atoms with Crippen molar-refractivity contribution >= 4 is 17.5 Å². The van der Waals surface area contributed by atoms with Crippen molar-refractivity contribution in [1.82, 2.24) is 9.88 Å². The molecule has 1 atom stereocenters. The number of hydrogen-bond donors (Lipinski definition) is 1. The number of rotatable bonds is 6. The van der Waals surface area contributed by atoms with Crippen molar-refractivity contribution in [3.8, 4) is 0 Å². The van der Waals surface area contributed by atoms with Crippen LogP contribution in [-0.2, 0) is 29.0 Å². The number of carbonyl (C=O) groups is 2. The van der Waals surface area contributed by atoms with E-state index in [-0.39, 0.29) is 24.2 Å². The highest BCUT2D eigenvalue weighted by molar-refractivity contribution is 5.98. The highest BCUT2D eigenvalue weighted by Gasteiger charge is 2.34. The Morgan fingerprint density at radius 2 is 1.81 bits per heavy atom. The van der Waals surface area contributed by atoms with E-state index in [0.717, 1.165) is 35.2 Å². The lowest BCUT2D eigenvalue weighted by atomic mass is 10.0. The molecule has 0 bridgehead atoms. The summed E-state index contributed by atoms with van der Waals surface area (Å²) in [6.45, 7) is 5.15. The van der Waals surface area contributed by atoms with Crippen molar-refractivity contribution < 1.29 is 9.59 Å². The number of likely N-dealkylation sites (tertiary alicyclic amines) is 1. The fourth-order valence-electron chi connectivity index (χ4n) is 3.44. The minimum Gasteiger partial charge on any atom is -0.338 e. The van der Waals surface area contributed by atoms with Crippen LogP contribution >= 0.6 is 0 Å². The Balaban J connectivity index is 1.69. The van der Waals surface area contributed by atoms with Crippen LogP contribution in [0.1, 0.15) is 37.0 Å². The zero-order chi connectivity index (χ0) is 18.5. The molecule has 0 radical (unpaired) electrons. The first-order valence-electron chi connectivity index (χ1n) is 9.20. The van der Waals surface area contributed by atoms with Crippen molar-refractivity contribution in [2.24, 2.45) is 5.92 Å². The molecule has 1 saturated heterocycles. The highest BCUT2D eigenvalue weighted by atomic mass is 16.2. The van der Waals surface area contributed by atoms with Gasteiger partial charge in [-0.25, -0.2) is 0 Å². The van der Waals surface area contributed by atoms with Gasteiger partial charge in [-0.15, -0.1) is 0 Å². The van der Waals surface area contributed by atoms with E-state index in [1.54, 1.807) is 17.3 Å². The van der Waals surface area contributed by atoms with Gasteiger partial charge in [0.15, 0.2) is 0 Å². The van der Waals surface area contributed by atoms with E-state index in [0.29, 0.717) is 13.1 Å². The molecule has 1 aromatic heterocycles. The summed E-state index contributed by atoms with van der Waals surface area (Å²) in [5.41, 5.74) is 4.22. The number of nitrogens with zero attached hydrogens (tertiary/aromatic N) is 2. The Morgan fingerprint density at radius 1 is 1.15 bits per heavy atom. The van der Waals surface area contributed by atoms with Crippen LogP contribution in [0.2, 0.25) is 0 Å². The predicted molar refractivity (Wildman–Crippen MR) is 102 cm³/mol. The lowest BCUT2D eigenvalue weighted by Gasteiger charge is -2.18. The highest BCUT2D eigenvalue weighted by Crippen LogP contribution is 2.26. The molecule has 1 aliphatic heterocycles. The molecule has 1 fully saturated rings. The Hall–Kier alpha value is -2.69. The van der Waals surface area contributed by atoms with Crippen LogP contribution in [0.4, 0.5) is 5.69 Å². The number of para-hydroxylation sites is 1. The van der Waals surface area contributed by atoms with Gasteiger partial charge in [0.2, 0.25) is 11.8 Å². The molecule has 5 heteroatoms. The number of benzene rings is 1. The summed E-state index contributed by atoms with van der Waals surface area (Å²) in [6, 6.07) is 9.91. The predicted octanol–water partition coefficient (Wildman–Crippen LogP) is 3.19. The molecule has 0 aliphatic carbocycles. The maximum absolute atomic E-state index is 12.8. The summed E-state index contributed by atoms with van der Waals surface area (Å²) >= 11 is 0. The first-order valence-corrected chi connectivity index (χ1v) is 9.20. The zero-order valence-corrected chi connectivity index (χ0v) is 15.4. The molecule has 2 aromatic rings. The molecule has 26 heavy (non-hydrogen) atoms. The standard InChI is InChI=1S/C21H25N3O2/c1-3-16-6-5-7-17(4-2)20(16)23-21(26)18-12-19(25)24(14-18)13-15-8-10-22-11-9-15/h5-11,18H,3-4,12-14H2,1-2H3,(H,23,26). The molecule has 5 nitrogen and oxygen atoms in total. The van der Waals surface area contributed by atoms with Gasteiger partial charge in [-0.05, 0) is 41.7 Å². The maximum Gasteiger partial charge on any atom is 0.229 e. The van der Waals surface area contributed by atoms with Crippen molar-refractivity contribution in [3.05, 3.63) is 59.4 Å². The van der Waals surface area contributed by atoms with Crippen LogP contribution in [0.15, 0.2) is 42.7 Å². The minimum atomic E-state index is -0.307. The molecule has 1 N–H and O–H groups in total. The zero-order valence-electron chi connectivity index (χ0n) is 15.4. The van der Waals surface area contributed by atoms with Gasteiger partial charge < -0.3 is 10.2 Å². The third-order valence-corrected chi connectivity index (χ3v) is 4.96. The average molecular weight is 351 g/mol. The second-order valence-corrected chi connectivity index (χ2v) is 6.68.